The molecule has 0 saturated carbocycles. The molecule has 0 spiro atoms. The predicted octanol–water partition coefficient (Wildman–Crippen LogP) is 0.963. The molecule has 0 aromatic carbocycles. The fourth-order valence-corrected chi connectivity index (χ4v) is 1.69. The number of nitrogens with zero attached hydrogens (tertiary/aromatic N) is 3. The van der Waals surface area contributed by atoms with E-state index in [1.807, 2.05) is 0 Å². The molecule has 0 aliphatic carbocycles. The first-order chi connectivity index (χ1) is 8.90. The Morgan fingerprint density at radius 1 is 1.47 bits per heavy atom. The average Bonchev–Trinajstić information content (AvgIpc) is 2.79. The zero-order valence-corrected chi connectivity index (χ0v) is 10.7. The molecule has 1 aromatic heterocycles. The van der Waals surface area contributed by atoms with Crippen LogP contribution in [-0.2, 0) is 11.3 Å². The maximum Gasteiger partial charge on any atom is 0.323 e. The van der Waals surface area contributed by atoms with E-state index in [1.54, 1.807) is 13.8 Å². The van der Waals surface area contributed by atoms with Crippen molar-refractivity contribution >= 4 is 17.6 Å². The zero-order valence-electron chi connectivity index (χ0n) is 10.7. The van der Waals surface area contributed by atoms with Crippen molar-refractivity contribution in [1.29, 1.82) is 0 Å². The normalized spacial score (nSPS) is 10.2. The van der Waals surface area contributed by atoms with E-state index in [2.05, 4.69) is 0 Å². The Hall–Kier alpha value is -2.38. The Kier molecular flexibility index (Phi) is 4.62. The van der Waals surface area contributed by atoms with Crippen molar-refractivity contribution in [1.82, 2.24) is 9.47 Å². The van der Waals surface area contributed by atoms with Crippen LogP contribution in [0, 0.1) is 10.1 Å². The number of hydrogen-bond acceptors (Lipinski definition) is 4. The molecular weight excluding hydrogens is 254 g/mol. The highest BCUT2D eigenvalue weighted by Gasteiger charge is 2.23. The molecule has 0 radical (unpaired) electrons. The third-order valence-electron chi connectivity index (χ3n) is 2.65. The quantitative estimate of drug-likeness (QED) is 0.611. The number of carbonyl (C=O) groups excluding carboxylic acids is 1. The van der Waals surface area contributed by atoms with Crippen molar-refractivity contribution in [2.75, 3.05) is 13.1 Å². The highest BCUT2D eigenvalue weighted by Crippen LogP contribution is 2.18. The predicted molar refractivity (Wildman–Crippen MR) is 66.0 cm³/mol. The van der Waals surface area contributed by atoms with E-state index >= 15 is 0 Å². The van der Waals surface area contributed by atoms with Gasteiger partial charge < -0.3 is 14.6 Å². The van der Waals surface area contributed by atoms with Crippen LogP contribution in [0.2, 0.25) is 0 Å². The van der Waals surface area contributed by atoms with Crippen LogP contribution in [-0.4, -0.2) is 44.5 Å². The van der Waals surface area contributed by atoms with Crippen LogP contribution in [0.1, 0.15) is 24.3 Å². The smallest absolute Gasteiger partial charge is 0.323 e. The minimum absolute atomic E-state index is 0.123. The van der Waals surface area contributed by atoms with Crippen LogP contribution < -0.4 is 0 Å². The van der Waals surface area contributed by atoms with Crippen molar-refractivity contribution in [3.8, 4) is 0 Å². The summed E-state index contributed by atoms with van der Waals surface area (Å²) in [7, 11) is 0. The number of aromatic nitrogens is 1. The number of rotatable bonds is 6. The summed E-state index contributed by atoms with van der Waals surface area (Å²) < 4.78 is 1.44. The summed E-state index contributed by atoms with van der Waals surface area (Å²) in [6.45, 7) is 3.56. The highest BCUT2D eigenvalue weighted by molar-refractivity contribution is 5.95. The summed E-state index contributed by atoms with van der Waals surface area (Å²) in [5.74, 6) is -1.65. The second-order valence-corrected chi connectivity index (χ2v) is 3.84. The molecule has 0 aliphatic heterocycles. The van der Waals surface area contributed by atoms with Gasteiger partial charge in [-0.3, -0.25) is 19.7 Å². The van der Waals surface area contributed by atoms with Gasteiger partial charge in [0, 0.05) is 19.2 Å². The van der Waals surface area contributed by atoms with E-state index in [0.717, 1.165) is 11.0 Å². The lowest BCUT2D eigenvalue weighted by Gasteiger charge is -2.18. The van der Waals surface area contributed by atoms with E-state index in [1.165, 1.54) is 10.8 Å². The molecule has 8 nitrogen and oxygen atoms in total. The van der Waals surface area contributed by atoms with Gasteiger partial charge in [-0.2, -0.15) is 0 Å². The molecule has 0 unspecified atom stereocenters. The topological polar surface area (TPSA) is 106 Å². The van der Waals surface area contributed by atoms with Gasteiger partial charge in [0.15, 0.2) is 0 Å². The minimum Gasteiger partial charge on any atom is -0.480 e. The van der Waals surface area contributed by atoms with E-state index in [9.17, 15) is 19.7 Å². The zero-order chi connectivity index (χ0) is 14.6. The average molecular weight is 269 g/mol. The Morgan fingerprint density at radius 2 is 2.11 bits per heavy atom. The molecule has 0 fully saturated rings. The third-order valence-corrected chi connectivity index (χ3v) is 2.65. The first-order valence-electron chi connectivity index (χ1n) is 5.76. The number of likely N-dealkylation sites (N-methyl/N-ethyl adjacent to an activating group) is 1. The summed E-state index contributed by atoms with van der Waals surface area (Å²) in [6, 6.07) is 1.16. The van der Waals surface area contributed by atoms with Crippen LogP contribution in [0.15, 0.2) is 12.3 Å². The molecule has 1 aromatic rings. The standard InChI is InChI=1S/C11H15N3O5/c1-3-12-6-8(14(18)19)5-9(12)11(17)13(4-2)7-10(15)16/h5-6H,3-4,7H2,1-2H3,(H,15,16). The number of nitro groups is 1. The highest BCUT2D eigenvalue weighted by atomic mass is 16.6. The van der Waals surface area contributed by atoms with Gasteiger partial charge in [0.25, 0.3) is 11.6 Å². The van der Waals surface area contributed by atoms with Crippen molar-refractivity contribution < 1.29 is 19.6 Å². The van der Waals surface area contributed by atoms with Crippen LogP contribution in [0.3, 0.4) is 0 Å². The number of aliphatic carboxylic acids is 1. The molecule has 8 heteroatoms. The monoisotopic (exact) mass is 269 g/mol. The molecule has 1 N–H and O–H groups in total. The van der Waals surface area contributed by atoms with Crippen LogP contribution >= 0.6 is 0 Å². The Morgan fingerprint density at radius 3 is 2.53 bits per heavy atom. The number of hydrogen-bond donors (Lipinski definition) is 1. The lowest BCUT2D eigenvalue weighted by molar-refractivity contribution is -0.384. The van der Waals surface area contributed by atoms with E-state index in [4.69, 9.17) is 5.11 Å². The molecule has 1 rings (SSSR count). The van der Waals surface area contributed by atoms with Gasteiger partial charge >= 0.3 is 5.97 Å². The molecule has 0 atom stereocenters. The van der Waals surface area contributed by atoms with Gasteiger partial charge in [-0.1, -0.05) is 0 Å². The Labute approximate surface area is 109 Å². The fourth-order valence-electron chi connectivity index (χ4n) is 1.69. The summed E-state index contributed by atoms with van der Waals surface area (Å²) in [5, 5.41) is 19.4. The molecule has 19 heavy (non-hydrogen) atoms. The largest absolute Gasteiger partial charge is 0.480 e. The van der Waals surface area contributed by atoms with E-state index in [-0.39, 0.29) is 17.9 Å². The molecule has 0 bridgehead atoms. The molecule has 0 aliphatic rings. The number of amides is 1. The van der Waals surface area contributed by atoms with Crippen molar-refractivity contribution in [2.24, 2.45) is 0 Å². The number of carboxylic acid groups (broad SMARTS) is 1. The van der Waals surface area contributed by atoms with Gasteiger partial charge in [-0.15, -0.1) is 0 Å². The maximum absolute atomic E-state index is 12.1. The second-order valence-electron chi connectivity index (χ2n) is 3.84. The minimum atomic E-state index is -1.13. The van der Waals surface area contributed by atoms with Gasteiger partial charge in [0.1, 0.15) is 12.2 Å². The Bertz CT molecular complexity index is 508. The summed E-state index contributed by atoms with van der Waals surface area (Å²) in [6.07, 6.45) is 1.27. The molecule has 104 valence electrons. The van der Waals surface area contributed by atoms with E-state index < -0.39 is 23.3 Å². The molecule has 0 saturated heterocycles. The maximum atomic E-state index is 12.1. The SMILES string of the molecule is CCN(CC(=O)O)C(=O)c1cc([N+](=O)[O-])cn1CC. The van der Waals surface area contributed by atoms with Crippen molar-refractivity contribution in [2.45, 2.75) is 20.4 Å². The first kappa shape index (κ1) is 14.7. The lowest BCUT2D eigenvalue weighted by Crippen LogP contribution is -2.36. The molecule has 1 heterocycles. The van der Waals surface area contributed by atoms with Crippen LogP contribution in [0.4, 0.5) is 5.69 Å². The lowest BCUT2D eigenvalue weighted by atomic mass is 10.3. The second kappa shape index (κ2) is 5.98. The number of carboxylic acids is 1. The summed E-state index contributed by atoms with van der Waals surface area (Å²) >= 11 is 0. The Balaban J connectivity index is 3.09. The summed E-state index contributed by atoms with van der Waals surface area (Å²) in [5.41, 5.74) is -0.0612. The van der Waals surface area contributed by atoms with Gasteiger partial charge in [0.05, 0.1) is 11.1 Å². The van der Waals surface area contributed by atoms with Gasteiger partial charge in [-0.25, -0.2) is 0 Å². The van der Waals surface area contributed by atoms with Gasteiger partial charge in [0.2, 0.25) is 0 Å². The van der Waals surface area contributed by atoms with Crippen molar-refractivity contribution in [3.63, 3.8) is 0 Å². The van der Waals surface area contributed by atoms with Crippen LogP contribution in [0.25, 0.3) is 0 Å². The molecule has 1 amide bonds. The third kappa shape index (κ3) is 3.30. The number of carbonyl (C=O) groups is 2. The van der Waals surface area contributed by atoms with Crippen LogP contribution in [0.5, 0.6) is 0 Å². The number of aryl methyl sites for hydroxylation is 1. The van der Waals surface area contributed by atoms with Gasteiger partial charge in [-0.05, 0) is 13.8 Å². The van der Waals surface area contributed by atoms with E-state index in [0.29, 0.717) is 6.54 Å². The van der Waals surface area contributed by atoms with Crippen molar-refractivity contribution in [3.05, 3.63) is 28.1 Å². The molecular formula is C11H15N3O5. The first-order valence-corrected chi connectivity index (χ1v) is 5.76. The summed E-state index contributed by atoms with van der Waals surface area (Å²) in [4.78, 5) is 34.0. The fraction of sp³-hybridized carbons (Fsp3) is 0.455.